The summed E-state index contributed by atoms with van der Waals surface area (Å²) in [5.74, 6) is 0.176. The van der Waals surface area contributed by atoms with Crippen LogP contribution in [0.4, 0.5) is 5.69 Å². The van der Waals surface area contributed by atoms with Gasteiger partial charge in [0.2, 0.25) is 0 Å². The monoisotopic (exact) mass is 339 g/mol. The Bertz CT molecular complexity index is 633. The van der Waals surface area contributed by atoms with Gasteiger partial charge in [0.1, 0.15) is 0 Å². The molecule has 2 amide bonds. The number of likely N-dealkylation sites (tertiary alicyclic amines) is 1. The molecule has 2 aliphatic rings. The van der Waals surface area contributed by atoms with E-state index >= 15 is 0 Å². The molecule has 0 aliphatic carbocycles. The number of fused-ring (bicyclic) bond motifs is 1. The van der Waals surface area contributed by atoms with Crippen LogP contribution in [0.15, 0.2) is 18.2 Å². The molecule has 23 heavy (non-hydrogen) atoms. The minimum atomic E-state index is -0.206. The molecule has 1 aromatic rings. The Kier molecular flexibility index (Phi) is 4.87. The fourth-order valence-corrected chi connectivity index (χ4v) is 3.00. The first-order chi connectivity index (χ1) is 10.4. The topological polar surface area (TPSA) is 84.7 Å². The highest BCUT2D eigenvalue weighted by molar-refractivity contribution is 6.03. The number of para-hydroxylation sites is 1. The minimum Gasteiger partial charge on any atom is -0.481 e. The number of nitrogens with zero attached hydrogens (tertiary/aromatic N) is 1. The second-order valence-electron chi connectivity index (χ2n) is 6.63. The summed E-state index contributed by atoms with van der Waals surface area (Å²) in [5.41, 5.74) is 7.06. The summed E-state index contributed by atoms with van der Waals surface area (Å²) in [4.78, 5) is 26.0. The third-order valence-corrected chi connectivity index (χ3v) is 4.47. The molecule has 2 heterocycles. The molecule has 3 rings (SSSR count). The van der Waals surface area contributed by atoms with E-state index in [4.69, 9.17) is 10.5 Å². The molecular weight excluding hydrogens is 318 g/mol. The lowest BCUT2D eigenvalue weighted by Crippen LogP contribution is -2.54. The van der Waals surface area contributed by atoms with Crippen molar-refractivity contribution < 1.29 is 14.3 Å². The van der Waals surface area contributed by atoms with Crippen LogP contribution in [-0.4, -0.2) is 42.5 Å². The number of carbonyl (C=O) groups excluding carboxylic acids is 2. The lowest BCUT2D eigenvalue weighted by Gasteiger charge is -2.42. The molecule has 0 spiro atoms. The van der Waals surface area contributed by atoms with E-state index in [0.717, 1.165) is 6.42 Å². The lowest BCUT2D eigenvalue weighted by molar-refractivity contribution is -0.118. The number of ether oxygens (including phenoxy) is 1. The number of hydrogen-bond donors (Lipinski definition) is 2. The number of halogens is 1. The highest BCUT2D eigenvalue weighted by atomic mass is 35.5. The van der Waals surface area contributed by atoms with Crippen LogP contribution in [0.3, 0.4) is 0 Å². The Labute approximate surface area is 141 Å². The zero-order valence-corrected chi connectivity index (χ0v) is 14.1. The van der Waals surface area contributed by atoms with Crippen LogP contribution in [0, 0.1) is 5.41 Å². The number of amides is 2. The van der Waals surface area contributed by atoms with E-state index in [1.54, 1.807) is 18.2 Å². The number of benzene rings is 1. The van der Waals surface area contributed by atoms with Gasteiger partial charge in [-0.05, 0) is 24.0 Å². The number of anilines is 1. The summed E-state index contributed by atoms with van der Waals surface area (Å²) < 4.78 is 5.47. The quantitative estimate of drug-likeness (QED) is 0.814. The Morgan fingerprint density at radius 2 is 2.17 bits per heavy atom. The fraction of sp³-hybridized carbons (Fsp3) is 0.500. The third kappa shape index (κ3) is 3.28. The van der Waals surface area contributed by atoms with Gasteiger partial charge in [0.15, 0.2) is 12.4 Å². The number of piperidine rings is 1. The largest absolute Gasteiger partial charge is 0.481 e. The summed E-state index contributed by atoms with van der Waals surface area (Å²) in [6.45, 7) is 5.35. The first-order valence-corrected chi connectivity index (χ1v) is 7.49. The predicted octanol–water partition coefficient (Wildman–Crippen LogP) is 1.64. The van der Waals surface area contributed by atoms with Gasteiger partial charge in [-0.2, -0.15) is 0 Å². The zero-order valence-electron chi connectivity index (χ0n) is 13.3. The van der Waals surface area contributed by atoms with Crippen LogP contribution < -0.4 is 15.8 Å². The van der Waals surface area contributed by atoms with E-state index in [9.17, 15) is 9.59 Å². The van der Waals surface area contributed by atoms with Crippen molar-refractivity contribution in [1.82, 2.24) is 4.90 Å². The number of hydrogen-bond acceptors (Lipinski definition) is 4. The molecule has 6 nitrogen and oxygen atoms in total. The molecule has 1 fully saturated rings. The van der Waals surface area contributed by atoms with Gasteiger partial charge in [-0.25, -0.2) is 0 Å². The van der Waals surface area contributed by atoms with Crippen LogP contribution in [0.25, 0.3) is 0 Å². The van der Waals surface area contributed by atoms with Crippen molar-refractivity contribution in [1.29, 1.82) is 0 Å². The van der Waals surface area contributed by atoms with Crippen molar-refractivity contribution in [3.05, 3.63) is 23.8 Å². The van der Waals surface area contributed by atoms with Gasteiger partial charge in [-0.1, -0.05) is 19.9 Å². The van der Waals surface area contributed by atoms with Crippen LogP contribution in [-0.2, 0) is 4.79 Å². The van der Waals surface area contributed by atoms with Crippen LogP contribution >= 0.6 is 12.4 Å². The Morgan fingerprint density at radius 1 is 1.43 bits per heavy atom. The second-order valence-corrected chi connectivity index (χ2v) is 6.63. The molecule has 0 bridgehead atoms. The van der Waals surface area contributed by atoms with Crippen LogP contribution in [0.2, 0.25) is 0 Å². The normalized spacial score (nSPS) is 22.3. The number of nitrogens with one attached hydrogen (secondary N) is 1. The van der Waals surface area contributed by atoms with Crippen molar-refractivity contribution in [2.24, 2.45) is 11.1 Å². The lowest BCUT2D eigenvalue weighted by atomic mass is 9.79. The highest BCUT2D eigenvalue weighted by Gasteiger charge is 2.36. The van der Waals surface area contributed by atoms with Crippen molar-refractivity contribution in [3.8, 4) is 5.75 Å². The van der Waals surface area contributed by atoms with E-state index in [0.29, 0.717) is 30.1 Å². The Hall–Kier alpha value is -1.79. The molecule has 1 unspecified atom stereocenters. The molecule has 0 saturated carbocycles. The molecule has 1 atom stereocenters. The molecule has 2 aliphatic heterocycles. The Balaban J connectivity index is 0.00000192. The SMILES string of the molecule is CC1(C)CN(C(=O)c2cccc3c2OCC(=O)N3)CCC1N.Cl. The molecule has 1 saturated heterocycles. The van der Waals surface area contributed by atoms with Crippen molar-refractivity contribution in [2.45, 2.75) is 26.3 Å². The maximum absolute atomic E-state index is 12.8. The predicted molar refractivity (Wildman–Crippen MR) is 90.1 cm³/mol. The summed E-state index contributed by atoms with van der Waals surface area (Å²) in [6.07, 6.45) is 0.783. The van der Waals surface area contributed by atoms with E-state index in [-0.39, 0.29) is 42.3 Å². The first kappa shape index (κ1) is 17.6. The van der Waals surface area contributed by atoms with Gasteiger partial charge >= 0.3 is 0 Å². The van der Waals surface area contributed by atoms with Crippen LogP contribution in [0.5, 0.6) is 5.75 Å². The van der Waals surface area contributed by atoms with E-state index < -0.39 is 0 Å². The van der Waals surface area contributed by atoms with Crippen molar-refractivity contribution >= 4 is 29.9 Å². The Morgan fingerprint density at radius 3 is 2.87 bits per heavy atom. The molecule has 1 aromatic carbocycles. The summed E-state index contributed by atoms with van der Waals surface area (Å²) >= 11 is 0. The molecular formula is C16H22ClN3O3. The highest BCUT2D eigenvalue weighted by Crippen LogP contribution is 2.34. The second kappa shape index (κ2) is 6.37. The molecule has 0 aromatic heterocycles. The molecule has 7 heteroatoms. The maximum Gasteiger partial charge on any atom is 0.262 e. The standard InChI is InChI=1S/C16H21N3O3.ClH/c1-16(2)9-19(7-6-12(16)17)15(21)10-4-3-5-11-14(10)22-8-13(20)18-11;/h3-5,12H,6-9,17H2,1-2H3,(H,18,20);1H. The van der Waals surface area contributed by atoms with Crippen LogP contribution in [0.1, 0.15) is 30.6 Å². The van der Waals surface area contributed by atoms with Gasteiger partial charge in [-0.3, -0.25) is 9.59 Å². The summed E-state index contributed by atoms with van der Waals surface area (Å²) in [7, 11) is 0. The van der Waals surface area contributed by atoms with Crippen molar-refractivity contribution in [3.63, 3.8) is 0 Å². The van der Waals surface area contributed by atoms with E-state index in [2.05, 4.69) is 19.2 Å². The number of rotatable bonds is 1. The summed E-state index contributed by atoms with van der Waals surface area (Å²) in [5, 5.41) is 2.73. The van der Waals surface area contributed by atoms with Gasteiger partial charge in [0.05, 0.1) is 11.3 Å². The third-order valence-electron chi connectivity index (χ3n) is 4.47. The molecule has 3 N–H and O–H groups in total. The van der Waals surface area contributed by atoms with E-state index in [1.165, 1.54) is 0 Å². The molecule has 0 radical (unpaired) electrons. The smallest absolute Gasteiger partial charge is 0.262 e. The average Bonchev–Trinajstić information content (AvgIpc) is 2.48. The summed E-state index contributed by atoms with van der Waals surface area (Å²) in [6, 6.07) is 5.32. The van der Waals surface area contributed by atoms with Gasteiger partial charge in [-0.15, -0.1) is 12.4 Å². The van der Waals surface area contributed by atoms with Gasteiger partial charge < -0.3 is 20.7 Å². The minimum absolute atomic E-state index is 0. The zero-order chi connectivity index (χ0) is 15.9. The fourth-order valence-electron chi connectivity index (χ4n) is 3.00. The van der Waals surface area contributed by atoms with Gasteiger partial charge in [0.25, 0.3) is 11.8 Å². The van der Waals surface area contributed by atoms with E-state index in [1.807, 2.05) is 4.90 Å². The number of carbonyl (C=O) groups is 2. The molecule has 126 valence electrons. The maximum atomic E-state index is 12.8. The first-order valence-electron chi connectivity index (χ1n) is 7.49. The number of nitrogens with two attached hydrogens (primary N) is 1. The average molecular weight is 340 g/mol. The van der Waals surface area contributed by atoms with Gasteiger partial charge in [0, 0.05) is 19.1 Å². The van der Waals surface area contributed by atoms with Crippen molar-refractivity contribution in [2.75, 3.05) is 25.0 Å².